The first-order valence-corrected chi connectivity index (χ1v) is 11.3. The van der Waals surface area contributed by atoms with E-state index in [-0.39, 0.29) is 18.3 Å². The van der Waals surface area contributed by atoms with Gasteiger partial charge in [-0.2, -0.15) is 0 Å². The molecule has 160 valence electrons. The molecule has 4 aromatic rings. The highest BCUT2D eigenvalue weighted by Crippen LogP contribution is 2.33. The molecule has 0 amide bonds. The fraction of sp³-hybridized carbons (Fsp3) is 0.125. The number of hydrogen-bond acceptors (Lipinski definition) is 6. The maximum absolute atomic E-state index is 12.8. The molecule has 0 saturated carbocycles. The predicted octanol–water partition coefficient (Wildman–Crippen LogP) is 5.22. The number of benzene rings is 3. The van der Waals surface area contributed by atoms with E-state index in [0.717, 1.165) is 17.1 Å². The quantitative estimate of drug-likeness (QED) is 0.277. The Morgan fingerprint density at radius 2 is 1.75 bits per heavy atom. The van der Waals surface area contributed by atoms with Gasteiger partial charge < -0.3 is 9.47 Å². The van der Waals surface area contributed by atoms with Crippen LogP contribution in [0.15, 0.2) is 78.0 Å². The zero-order valence-electron chi connectivity index (χ0n) is 16.9. The van der Waals surface area contributed by atoms with E-state index in [1.165, 1.54) is 11.8 Å². The van der Waals surface area contributed by atoms with E-state index < -0.39 is 0 Å². The number of rotatable bonds is 7. The van der Waals surface area contributed by atoms with E-state index in [4.69, 9.17) is 21.1 Å². The van der Waals surface area contributed by atoms with Gasteiger partial charge in [-0.25, -0.2) is 0 Å². The molecule has 0 aliphatic carbocycles. The Hall–Kier alpha value is -3.29. The molecule has 0 radical (unpaired) electrons. The average Bonchev–Trinajstić information content (AvgIpc) is 3.45. The summed E-state index contributed by atoms with van der Waals surface area (Å²) < 4.78 is 12.7. The van der Waals surface area contributed by atoms with Gasteiger partial charge in [-0.3, -0.25) is 9.36 Å². The highest BCUT2D eigenvalue weighted by atomic mass is 35.5. The second-order valence-corrected chi connectivity index (χ2v) is 8.53. The van der Waals surface area contributed by atoms with Crippen LogP contribution >= 0.6 is 23.4 Å². The number of fused-ring (bicyclic) bond motifs is 1. The van der Waals surface area contributed by atoms with E-state index >= 15 is 0 Å². The second kappa shape index (κ2) is 9.06. The van der Waals surface area contributed by atoms with Crippen molar-refractivity contribution in [3.05, 3.63) is 94.8 Å². The lowest BCUT2D eigenvalue weighted by atomic mass is 10.1. The van der Waals surface area contributed by atoms with Gasteiger partial charge in [-0.15, -0.1) is 10.2 Å². The molecule has 0 N–H and O–H groups in total. The van der Waals surface area contributed by atoms with E-state index in [2.05, 4.69) is 22.3 Å². The topological polar surface area (TPSA) is 66.2 Å². The SMILES string of the molecule is O=C(CSc1nnc(Cc2ccccc2)n1-c1ccc(Cl)cc1)c1ccc2c(c1)OCO2. The van der Waals surface area contributed by atoms with Gasteiger partial charge in [0.2, 0.25) is 6.79 Å². The van der Waals surface area contributed by atoms with Crippen molar-refractivity contribution < 1.29 is 14.3 Å². The molecule has 0 unspecified atom stereocenters. The lowest BCUT2D eigenvalue weighted by molar-refractivity contribution is 0.102. The van der Waals surface area contributed by atoms with Crippen LogP contribution in [0.1, 0.15) is 21.7 Å². The molecule has 2 heterocycles. The summed E-state index contributed by atoms with van der Waals surface area (Å²) in [6, 6.07) is 22.8. The molecule has 1 aromatic heterocycles. The number of carbonyl (C=O) groups excluding carboxylic acids is 1. The monoisotopic (exact) mass is 463 g/mol. The molecule has 0 fully saturated rings. The summed E-state index contributed by atoms with van der Waals surface area (Å²) in [6.07, 6.45) is 0.618. The fourth-order valence-electron chi connectivity index (χ4n) is 3.42. The van der Waals surface area contributed by atoms with Crippen LogP contribution in [0, 0.1) is 0 Å². The highest BCUT2D eigenvalue weighted by molar-refractivity contribution is 7.99. The summed E-state index contributed by atoms with van der Waals surface area (Å²) in [5.74, 6) is 2.23. The number of carbonyl (C=O) groups is 1. The van der Waals surface area contributed by atoms with E-state index in [1.807, 2.05) is 47.0 Å². The number of aromatic nitrogens is 3. The first-order valence-electron chi connectivity index (χ1n) is 9.97. The Kier molecular flexibility index (Phi) is 5.83. The van der Waals surface area contributed by atoms with Crippen LogP contribution in [-0.4, -0.2) is 33.1 Å². The summed E-state index contributed by atoms with van der Waals surface area (Å²) in [5, 5.41) is 10.1. The van der Waals surface area contributed by atoms with Crippen molar-refractivity contribution in [3.63, 3.8) is 0 Å². The highest BCUT2D eigenvalue weighted by Gasteiger charge is 2.19. The molecule has 0 spiro atoms. The first-order chi connectivity index (χ1) is 15.7. The number of Topliss-reactive ketones (excluding diaryl/α,β-unsaturated/α-hetero) is 1. The standard InChI is InChI=1S/C24H18ClN3O3S/c25-18-7-9-19(10-8-18)28-23(12-16-4-2-1-3-5-16)26-27-24(28)32-14-20(29)17-6-11-21-22(13-17)31-15-30-21/h1-11,13H,12,14-15H2. The zero-order valence-corrected chi connectivity index (χ0v) is 18.5. The van der Waals surface area contributed by atoms with E-state index in [1.54, 1.807) is 18.2 Å². The van der Waals surface area contributed by atoms with Crippen molar-refractivity contribution in [3.8, 4) is 17.2 Å². The van der Waals surface area contributed by atoms with Crippen LogP contribution in [-0.2, 0) is 6.42 Å². The maximum Gasteiger partial charge on any atom is 0.231 e. The number of ketones is 1. The lowest BCUT2D eigenvalue weighted by Crippen LogP contribution is -2.06. The van der Waals surface area contributed by atoms with Crippen LogP contribution in [0.4, 0.5) is 0 Å². The minimum Gasteiger partial charge on any atom is -0.454 e. The van der Waals surface area contributed by atoms with E-state index in [0.29, 0.717) is 33.7 Å². The Bertz CT molecular complexity index is 1260. The largest absolute Gasteiger partial charge is 0.454 e. The Balaban J connectivity index is 1.40. The molecule has 32 heavy (non-hydrogen) atoms. The number of nitrogens with zero attached hydrogens (tertiary/aromatic N) is 3. The van der Waals surface area contributed by atoms with Gasteiger partial charge in [0.25, 0.3) is 0 Å². The number of halogens is 1. The van der Waals surface area contributed by atoms with Crippen LogP contribution in [0.5, 0.6) is 11.5 Å². The van der Waals surface area contributed by atoms with Gasteiger partial charge in [-0.05, 0) is 48.0 Å². The summed E-state index contributed by atoms with van der Waals surface area (Å²) in [7, 11) is 0. The molecule has 6 nitrogen and oxygen atoms in total. The Morgan fingerprint density at radius 1 is 0.969 bits per heavy atom. The normalized spacial score (nSPS) is 12.2. The van der Waals surface area contributed by atoms with Crippen molar-refractivity contribution in [1.82, 2.24) is 14.8 Å². The van der Waals surface area contributed by atoms with Crippen molar-refractivity contribution >= 4 is 29.1 Å². The van der Waals surface area contributed by atoms with E-state index in [9.17, 15) is 4.79 Å². The first kappa shape index (κ1) is 20.6. The average molecular weight is 464 g/mol. The summed E-state index contributed by atoms with van der Waals surface area (Å²) in [4.78, 5) is 12.8. The van der Waals surface area contributed by atoms with Gasteiger partial charge in [-0.1, -0.05) is 53.7 Å². The molecule has 1 aliphatic heterocycles. The van der Waals surface area contributed by atoms with Crippen molar-refractivity contribution in [2.75, 3.05) is 12.5 Å². The lowest BCUT2D eigenvalue weighted by Gasteiger charge is -2.10. The molecule has 0 saturated heterocycles. The van der Waals surface area contributed by atoms with Crippen LogP contribution in [0.3, 0.4) is 0 Å². The second-order valence-electron chi connectivity index (χ2n) is 7.15. The zero-order chi connectivity index (χ0) is 21.9. The minimum absolute atomic E-state index is 0.0245. The molecule has 0 bridgehead atoms. The van der Waals surface area contributed by atoms with Gasteiger partial charge in [0.1, 0.15) is 5.82 Å². The minimum atomic E-state index is -0.0245. The third kappa shape index (κ3) is 4.35. The van der Waals surface area contributed by atoms with Crippen molar-refractivity contribution in [1.29, 1.82) is 0 Å². The Morgan fingerprint density at radius 3 is 2.56 bits per heavy atom. The Labute approximate surface area is 194 Å². The van der Waals surface area contributed by atoms with Gasteiger partial charge in [0.05, 0.1) is 5.75 Å². The predicted molar refractivity (Wildman–Crippen MR) is 123 cm³/mol. The molecule has 0 atom stereocenters. The summed E-state index contributed by atoms with van der Waals surface area (Å²) in [5.41, 5.74) is 2.59. The number of thioether (sulfide) groups is 1. The number of ether oxygens (including phenoxy) is 2. The fourth-order valence-corrected chi connectivity index (χ4v) is 4.41. The molecule has 5 rings (SSSR count). The van der Waals surface area contributed by atoms with Gasteiger partial charge >= 0.3 is 0 Å². The molecular weight excluding hydrogens is 446 g/mol. The molecule has 1 aliphatic rings. The van der Waals surface area contributed by atoms with Crippen molar-refractivity contribution in [2.45, 2.75) is 11.6 Å². The van der Waals surface area contributed by atoms with Gasteiger partial charge in [0, 0.05) is 22.7 Å². The third-order valence-electron chi connectivity index (χ3n) is 5.02. The molecule has 8 heteroatoms. The summed E-state index contributed by atoms with van der Waals surface area (Å²) >= 11 is 7.43. The van der Waals surface area contributed by atoms with Crippen LogP contribution < -0.4 is 9.47 Å². The molecular formula is C24H18ClN3O3S. The smallest absolute Gasteiger partial charge is 0.231 e. The van der Waals surface area contributed by atoms with Crippen molar-refractivity contribution in [2.24, 2.45) is 0 Å². The number of hydrogen-bond donors (Lipinski definition) is 0. The van der Waals surface area contributed by atoms with Crippen LogP contribution in [0.25, 0.3) is 5.69 Å². The maximum atomic E-state index is 12.8. The van der Waals surface area contributed by atoms with Gasteiger partial charge in [0.15, 0.2) is 22.4 Å². The third-order valence-corrected chi connectivity index (χ3v) is 6.20. The van der Waals surface area contributed by atoms with Crippen LogP contribution in [0.2, 0.25) is 5.02 Å². The summed E-state index contributed by atoms with van der Waals surface area (Å²) in [6.45, 7) is 0.177. The molecule has 3 aromatic carbocycles.